The van der Waals surface area contributed by atoms with Crippen molar-refractivity contribution in [1.29, 1.82) is 0 Å². The zero-order chi connectivity index (χ0) is 14.0. The van der Waals surface area contributed by atoms with Gasteiger partial charge in [-0.05, 0) is 18.2 Å². The molecule has 100 valence electrons. The van der Waals surface area contributed by atoms with E-state index in [1.807, 2.05) is 24.3 Å². The zero-order valence-corrected chi connectivity index (χ0v) is 12.7. The molecule has 0 aliphatic carbocycles. The lowest BCUT2D eigenvalue weighted by atomic mass is 9.96. The van der Waals surface area contributed by atoms with E-state index in [0.717, 1.165) is 15.7 Å². The van der Waals surface area contributed by atoms with Crippen molar-refractivity contribution in [3.05, 3.63) is 41.2 Å². The Labute approximate surface area is 122 Å². The Morgan fingerprint density at radius 1 is 1.16 bits per heavy atom. The van der Waals surface area contributed by atoms with Crippen molar-refractivity contribution in [3.8, 4) is 0 Å². The molecular formula is C14H16ClN3S. The molecule has 2 aromatic rings. The van der Waals surface area contributed by atoms with E-state index in [2.05, 4.69) is 30.7 Å². The largest absolute Gasteiger partial charge is 0.384 e. The van der Waals surface area contributed by atoms with E-state index in [-0.39, 0.29) is 5.41 Å². The first kappa shape index (κ1) is 14.2. The van der Waals surface area contributed by atoms with Gasteiger partial charge in [0.15, 0.2) is 0 Å². The second-order valence-corrected chi connectivity index (χ2v) is 6.79. The van der Waals surface area contributed by atoms with E-state index in [4.69, 9.17) is 17.3 Å². The molecule has 0 radical (unpaired) electrons. The fraction of sp³-hybridized carbons (Fsp3) is 0.286. The normalized spacial score (nSPS) is 11.6. The Bertz CT molecular complexity index is 593. The lowest BCUT2D eigenvalue weighted by Gasteiger charge is -2.17. The first-order chi connectivity index (χ1) is 8.84. The van der Waals surface area contributed by atoms with Crippen LogP contribution in [0.3, 0.4) is 0 Å². The first-order valence-electron chi connectivity index (χ1n) is 5.93. The van der Waals surface area contributed by atoms with E-state index < -0.39 is 0 Å². The number of nitrogen functional groups attached to an aromatic ring is 1. The summed E-state index contributed by atoms with van der Waals surface area (Å²) in [5.74, 6) is 1.24. The lowest BCUT2D eigenvalue weighted by molar-refractivity contribution is 0.540. The summed E-state index contributed by atoms with van der Waals surface area (Å²) in [7, 11) is 0. The van der Waals surface area contributed by atoms with E-state index in [1.165, 1.54) is 11.8 Å². The molecule has 0 bridgehead atoms. The molecular weight excluding hydrogens is 278 g/mol. The predicted molar refractivity (Wildman–Crippen MR) is 80.7 cm³/mol. The number of aromatic nitrogens is 2. The molecule has 0 saturated carbocycles. The van der Waals surface area contributed by atoms with Crippen LogP contribution in [0.1, 0.15) is 26.6 Å². The number of anilines is 1. The number of nitrogens with zero attached hydrogens (tertiary/aromatic N) is 2. The number of hydrogen-bond donors (Lipinski definition) is 1. The van der Waals surface area contributed by atoms with E-state index in [9.17, 15) is 0 Å². The quantitative estimate of drug-likeness (QED) is 0.845. The fourth-order valence-corrected chi connectivity index (χ4v) is 2.62. The predicted octanol–water partition coefficient (Wildman–Crippen LogP) is 4.16. The average molecular weight is 294 g/mol. The highest BCUT2D eigenvalue weighted by Crippen LogP contribution is 2.30. The number of hydrogen-bond acceptors (Lipinski definition) is 4. The van der Waals surface area contributed by atoms with Gasteiger partial charge in [0.05, 0.1) is 0 Å². The van der Waals surface area contributed by atoms with Crippen LogP contribution in [0.25, 0.3) is 0 Å². The number of nitrogens with two attached hydrogens (primary N) is 1. The van der Waals surface area contributed by atoms with Crippen molar-refractivity contribution in [2.24, 2.45) is 0 Å². The van der Waals surface area contributed by atoms with Gasteiger partial charge in [-0.25, -0.2) is 9.97 Å². The molecule has 19 heavy (non-hydrogen) atoms. The average Bonchev–Trinajstić information content (AvgIpc) is 2.26. The highest BCUT2D eigenvalue weighted by atomic mass is 35.5. The van der Waals surface area contributed by atoms with Crippen LogP contribution in [-0.4, -0.2) is 9.97 Å². The SMILES string of the molecule is CC(C)(C)c1nc(N)cc(Sc2cccc(Cl)c2)n1. The molecule has 1 aromatic heterocycles. The van der Waals surface area contributed by atoms with Crippen molar-refractivity contribution in [2.45, 2.75) is 36.1 Å². The maximum atomic E-state index is 5.98. The maximum Gasteiger partial charge on any atom is 0.137 e. The molecule has 0 unspecified atom stereocenters. The first-order valence-corrected chi connectivity index (χ1v) is 7.12. The van der Waals surface area contributed by atoms with Crippen LogP contribution in [0.5, 0.6) is 0 Å². The lowest BCUT2D eigenvalue weighted by Crippen LogP contribution is -2.17. The number of rotatable bonds is 2. The molecule has 1 aromatic carbocycles. The molecule has 0 saturated heterocycles. The fourth-order valence-electron chi connectivity index (χ4n) is 1.48. The minimum absolute atomic E-state index is 0.126. The van der Waals surface area contributed by atoms with Crippen LogP contribution < -0.4 is 5.73 Å². The Morgan fingerprint density at radius 3 is 2.53 bits per heavy atom. The van der Waals surface area contributed by atoms with E-state index >= 15 is 0 Å². The topological polar surface area (TPSA) is 51.8 Å². The highest BCUT2D eigenvalue weighted by molar-refractivity contribution is 7.99. The molecule has 3 nitrogen and oxygen atoms in total. The van der Waals surface area contributed by atoms with Crippen molar-refractivity contribution in [1.82, 2.24) is 9.97 Å². The van der Waals surface area contributed by atoms with Gasteiger partial charge in [-0.15, -0.1) is 0 Å². The van der Waals surface area contributed by atoms with Gasteiger partial charge in [-0.3, -0.25) is 0 Å². The molecule has 2 rings (SSSR count). The van der Waals surface area contributed by atoms with Gasteiger partial charge in [0, 0.05) is 21.4 Å². The summed E-state index contributed by atoms with van der Waals surface area (Å²) in [6.07, 6.45) is 0. The van der Waals surface area contributed by atoms with Gasteiger partial charge in [-0.2, -0.15) is 0 Å². The molecule has 0 aliphatic heterocycles. The third kappa shape index (κ3) is 3.85. The Morgan fingerprint density at radius 2 is 1.89 bits per heavy atom. The number of halogens is 1. The summed E-state index contributed by atoms with van der Waals surface area (Å²) in [5, 5.41) is 1.54. The van der Waals surface area contributed by atoms with Crippen LogP contribution in [0.15, 0.2) is 40.3 Å². The van der Waals surface area contributed by atoms with Crippen LogP contribution in [0, 0.1) is 0 Å². The van der Waals surface area contributed by atoms with Gasteiger partial charge in [0.1, 0.15) is 16.7 Å². The van der Waals surface area contributed by atoms with Gasteiger partial charge in [-0.1, -0.05) is 50.2 Å². The summed E-state index contributed by atoms with van der Waals surface area (Å²) >= 11 is 7.51. The standard InChI is InChI=1S/C14H16ClN3S/c1-14(2,3)13-17-11(16)8-12(18-13)19-10-6-4-5-9(15)7-10/h4-8H,1-3H3,(H2,16,17,18). The second kappa shape index (κ2) is 5.39. The highest BCUT2D eigenvalue weighted by Gasteiger charge is 2.18. The molecule has 2 N–H and O–H groups in total. The maximum absolute atomic E-state index is 5.98. The van der Waals surface area contributed by atoms with Gasteiger partial charge < -0.3 is 5.73 Å². The van der Waals surface area contributed by atoms with Crippen LogP contribution in [0.4, 0.5) is 5.82 Å². The summed E-state index contributed by atoms with van der Waals surface area (Å²) < 4.78 is 0. The van der Waals surface area contributed by atoms with Gasteiger partial charge in [0.25, 0.3) is 0 Å². The van der Waals surface area contributed by atoms with E-state index in [1.54, 1.807) is 6.07 Å². The summed E-state index contributed by atoms with van der Waals surface area (Å²) in [5.41, 5.74) is 5.72. The van der Waals surface area contributed by atoms with Crippen LogP contribution >= 0.6 is 23.4 Å². The van der Waals surface area contributed by atoms with Crippen LogP contribution in [-0.2, 0) is 5.41 Å². The monoisotopic (exact) mass is 293 g/mol. The Kier molecular flexibility index (Phi) is 4.02. The smallest absolute Gasteiger partial charge is 0.137 e. The molecule has 5 heteroatoms. The Hall–Kier alpha value is -1.26. The summed E-state index contributed by atoms with van der Waals surface area (Å²) in [6, 6.07) is 9.44. The Balaban J connectivity index is 2.33. The molecule has 0 aliphatic rings. The van der Waals surface area contributed by atoms with Crippen molar-refractivity contribution in [2.75, 3.05) is 5.73 Å². The number of benzene rings is 1. The van der Waals surface area contributed by atoms with Crippen LogP contribution in [0.2, 0.25) is 5.02 Å². The minimum atomic E-state index is -0.126. The zero-order valence-electron chi connectivity index (χ0n) is 11.1. The van der Waals surface area contributed by atoms with Crippen molar-refractivity contribution in [3.63, 3.8) is 0 Å². The van der Waals surface area contributed by atoms with E-state index in [0.29, 0.717) is 10.8 Å². The molecule has 1 heterocycles. The minimum Gasteiger partial charge on any atom is -0.384 e. The third-order valence-electron chi connectivity index (χ3n) is 2.41. The molecule has 0 atom stereocenters. The molecule has 0 spiro atoms. The van der Waals surface area contributed by atoms with Crippen molar-refractivity contribution >= 4 is 29.2 Å². The summed E-state index contributed by atoms with van der Waals surface area (Å²) in [6.45, 7) is 6.20. The van der Waals surface area contributed by atoms with Gasteiger partial charge in [0.2, 0.25) is 0 Å². The van der Waals surface area contributed by atoms with Gasteiger partial charge >= 0.3 is 0 Å². The molecule has 0 fully saturated rings. The molecule has 0 amide bonds. The third-order valence-corrected chi connectivity index (χ3v) is 3.55. The second-order valence-electron chi connectivity index (χ2n) is 5.26. The summed E-state index contributed by atoms with van der Waals surface area (Å²) in [4.78, 5) is 9.88. The van der Waals surface area contributed by atoms with Crippen molar-refractivity contribution < 1.29 is 0 Å².